The molecule has 3 aromatic rings. The topological polar surface area (TPSA) is 43.8 Å². The number of aryl methyl sites for hydroxylation is 1. The lowest BCUT2D eigenvalue weighted by molar-refractivity contribution is 1.08. The molecule has 0 aliphatic carbocycles. The van der Waals surface area contributed by atoms with E-state index in [2.05, 4.69) is 52.1 Å². The fourth-order valence-electron chi connectivity index (χ4n) is 2.25. The Morgan fingerprint density at radius 3 is 2.84 bits per heavy atom. The van der Waals surface area contributed by atoms with Gasteiger partial charge in [0.15, 0.2) is 0 Å². The molecule has 3 nitrogen and oxygen atoms in total. The van der Waals surface area contributed by atoms with E-state index in [1.165, 1.54) is 5.56 Å². The van der Waals surface area contributed by atoms with Crippen molar-refractivity contribution in [3.63, 3.8) is 0 Å². The van der Waals surface area contributed by atoms with Gasteiger partial charge >= 0.3 is 0 Å². The average molecular weight is 316 g/mol. The smallest absolute Gasteiger partial charge is 0.205 e. The molecule has 0 aliphatic rings. The van der Waals surface area contributed by atoms with E-state index in [0.29, 0.717) is 5.95 Å². The van der Waals surface area contributed by atoms with Crippen LogP contribution in [0.1, 0.15) is 12.5 Å². The Morgan fingerprint density at radius 1 is 1.21 bits per heavy atom. The molecule has 96 valence electrons. The summed E-state index contributed by atoms with van der Waals surface area (Å²) >= 11 is 3.49. The molecule has 19 heavy (non-hydrogen) atoms. The van der Waals surface area contributed by atoms with Crippen molar-refractivity contribution >= 4 is 32.9 Å². The van der Waals surface area contributed by atoms with Gasteiger partial charge in [0.05, 0.1) is 11.0 Å². The number of aromatic nitrogens is 2. The Hall–Kier alpha value is -1.81. The van der Waals surface area contributed by atoms with Crippen LogP contribution >= 0.6 is 15.9 Å². The van der Waals surface area contributed by atoms with Gasteiger partial charge in [-0.2, -0.15) is 0 Å². The minimum Gasteiger partial charge on any atom is -0.369 e. The van der Waals surface area contributed by atoms with Crippen LogP contribution in [-0.2, 0) is 6.42 Å². The highest BCUT2D eigenvalue weighted by molar-refractivity contribution is 9.10. The Kier molecular flexibility index (Phi) is 3.03. The standard InChI is InChI=1S/C15H14BrN3/c1-2-10-4-3-5-12(8-10)19-14-9-11(16)6-7-13(14)18-15(19)17/h3-9H,2H2,1H3,(H2,17,18). The Morgan fingerprint density at radius 2 is 2.05 bits per heavy atom. The SMILES string of the molecule is CCc1cccc(-n2c(N)nc3ccc(Br)cc32)c1. The van der Waals surface area contributed by atoms with E-state index in [9.17, 15) is 0 Å². The number of rotatable bonds is 2. The molecule has 4 heteroatoms. The first-order valence-corrected chi connectivity index (χ1v) is 7.01. The van der Waals surface area contributed by atoms with Crippen LogP contribution in [0.5, 0.6) is 0 Å². The van der Waals surface area contributed by atoms with Crippen molar-refractivity contribution in [1.82, 2.24) is 9.55 Å². The van der Waals surface area contributed by atoms with Gasteiger partial charge in [0, 0.05) is 10.2 Å². The zero-order chi connectivity index (χ0) is 13.4. The van der Waals surface area contributed by atoms with E-state index in [4.69, 9.17) is 5.73 Å². The maximum absolute atomic E-state index is 6.06. The second-order valence-electron chi connectivity index (χ2n) is 4.46. The quantitative estimate of drug-likeness (QED) is 0.778. The van der Waals surface area contributed by atoms with Crippen LogP contribution in [-0.4, -0.2) is 9.55 Å². The van der Waals surface area contributed by atoms with Crippen molar-refractivity contribution in [2.75, 3.05) is 5.73 Å². The zero-order valence-electron chi connectivity index (χ0n) is 10.6. The number of anilines is 1. The van der Waals surface area contributed by atoms with Crippen molar-refractivity contribution < 1.29 is 0 Å². The molecule has 0 saturated heterocycles. The van der Waals surface area contributed by atoms with Crippen molar-refractivity contribution in [1.29, 1.82) is 0 Å². The van der Waals surface area contributed by atoms with E-state index >= 15 is 0 Å². The molecule has 1 heterocycles. The number of hydrogen-bond donors (Lipinski definition) is 1. The van der Waals surface area contributed by atoms with Gasteiger partial charge in [0.25, 0.3) is 0 Å². The Labute approximate surface area is 120 Å². The molecular formula is C15H14BrN3. The molecule has 0 aliphatic heterocycles. The van der Waals surface area contributed by atoms with Crippen LogP contribution in [0.15, 0.2) is 46.9 Å². The molecule has 0 atom stereocenters. The number of fused-ring (bicyclic) bond motifs is 1. The van der Waals surface area contributed by atoms with Crippen molar-refractivity contribution in [3.8, 4) is 5.69 Å². The van der Waals surface area contributed by atoms with Crippen molar-refractivity contribution in [2.24, 2.45) is 0 Å². The number of nitrogens with two attached hydrogens (primary N) is 1. The van der Waals surface area contributed by atoms with Gasteiger partial charge in [0.2, 0.25) is 5.95 Å². The molecular weight excluding hydrogens is 302 g/mol. The van der Waals surface area contributed by atoms with Crippen LogP contribution in [0.2, 0.25) is 0 Å². The molecule has 0 radical (unpaired) electrons. The molecule has 1 aromatic heterocycles. The second-order valence-corrected chi connectivity index (χ2v) is 5.38. The summed E-state index contributed by atoms with van der Waals surface area (Å²) in [6, 6.07) is 14.4. The Balaban J connectivity index is 2.28. The summed E-state index contributed by atoms with van der Waals surface area (Å²) in [4.78, 5) is 4.41. The van der Waals surface area contributed by atoms with E-state index in [-0.39, 0.29) is 0 Å². The molecule has 3 rings (SSSR count). The summed E-state index contributed by atoms with van der Waals surface area (Å²) in [5.41, 5.74) is 10.3. The normalized spacial score (nSPS) is 11.1. The van der Waals surface area contributed by atoms with Crippen molar-refractivity contribution in [2.45, 2.75) is 13.3 Å². The fraction of sp³-hybridized carbons (Fsp3) is 0.133. The third-order valence-corrected chi connectivity index (χ3v) is 3.71. The summed E-state index contributed by atoms with van der Waals surface area (Å²) in [6.45, 7) is 2.14. The number of halogens is 1. The van der Waals surface area contributed by atoms with E-state index < -0.39 is 0 Å². The predicted molar refractivity (Wildman–Crippen MR) is 82.6 cm³/mol. The van der Waals surface area contributed by atoms with Crippen LogP contribution in [0.3, 0.4) is 0 Å². The summed E-state index contributed by atoms with van der Waals surface area (Å²) in [5, 5.41) is 0. The molecule has 0 amide bonds. The summed E-state index contributed by atoms with van der Waals surface area (Å²) in [7, 11) is 0. The number of nitrogens with zero attached hydrogens (tertiary/aromatic N) is 2. The minimum absolute atomic E-state index is 0.515. The monoisotopic (exact) mass is 315 g/mol. The van der Waals surface area contributed by atoms with E-state index in [0.717, 1.165) is 27.6 Å². The summed E-state index contributed by atoms with van der Waals surface area (Å²) in [6.07, 6.45) is 1.00. The largest absolute Gasteiger partial charge is 0.369 e. The van der Waals surface area contributed by atoms with Gasteiger partial charge in [-0.05, 0) is 42.3 Å². The molecule has 0 unspecified atom stereocenters. The number of imidazole rings is 1. The minimum atomic E-state index is 0.515. The first-order valence-electron chi connectivity index (χ1n) is 6.22. The third-order valence-electron chi connectivity index (χ3n) is 3.22. The van der Waals surface area contributed by atoms with Crippen LogP contribution in [0.4, 0.5) is 5.95 Å². The first-order chi connectivity index (χ1) is 9.19. The summed E-state index contributed by atoms with van der Waals surface area (Å²) in [5.74, 6) is 0.515. The lowest BCUT2D eigenvalue weighted by Gasteiger charge is -2.08. The molecule has 0 bridgehead atoms. The number of nitrogen functional groups attached to an aromatic ring is 1. The van der Waals surface area contributed by atoms with Crippen LogP contribution in [0.25, 0.3) is 16.7 Å². The third kappa shape index (κ3) is 2.12. The van der Waals surface area contributed by atoms with Gasteiger partial charge in [0.1, 0.15) is 0 Å². The maximum Gasteiger partial charge on any atom is 0.205 e. The van der Waals surface area contributed by atoms with Gasteiger partial charge in [-0.1, -0.05) is 35.0 Å². The zero-order valence-corrected chi connectivity index (χ0v) is 12.2. The van der Waals surface area contributed by atoms with Gasteiger partial charge < -0.3 is 5.73 Å². The lowest BCUT2D eigenvalue weighted by Crippen LogP contribution is -2.01. The van der Waals surface area contributed by atoms with Gasteiger partial charge in [-0.25, -0.2) is 4.98 Å². The Bertz CT molecular complexity index is 746. The molecule has 0 spiro atoms. The molecule has 0 fully saturated rings. The molecule has 2 N–H and O–H groups in total. The number of benzene rings is 2. The maximum atomic E-state index is 6.06. The molecule has 2 aromatic carbocycles. The molecule has 0 saturated carbocycles. The van der Waals surface area contributed by atoms with E-state index in [1.54, 1.807) is 0 Å². The highest BCUT2D eigenvalue weighted by atomic mass is 79.9. The number of hydrogen-bond acceptors (Lipinski definition) is 2. The lowest BCUT2D eigenvalue weighted by atomic mass is 10.1. The average Bonchev–Trinajstić information content (AvgIpc) is 2.74. The van der Waals surface area contributed by atoms with E-state index in [1.807, 2.05) is 22.8 Å². The highest BCUT2D eigenvalue weighted by Gasteiger charge is 2.10. The highest BCUT2D eigenvalue weighted by Crippen LogP contribution is 2.26. The van der Waals surface area contributed by atoms with Gasteiger partial charge in [-0.3, -0.25) is 4.57 Å². The first kappa shape index (κ1) is 12.2. The fourth-order valence-corrected chi connectivity index (χ4v) is 2.60. The second kappa shape index (κ2) is 4.70. The van der Waals surface area contributed by atoms with Crippen LogP contribution < -0.4 is 5.73 Å². The summed E-state index contributed by atoms with van der Waals surface area (Å²) < 4.78 is 3.01. The van der Waals surface area contributed by atoms with Gasteiger partial charge in [-0.15, -0.1) is 0 Å². The van der Waals surface area contributed by atoms with Crippen molar-refractivity contribution in [3.05, 3.63) is 52.5 Å². The van der Waals surface area contributed by atoms with Crippen LogP contribution in [0, 0.1) is 0 Å². The predicted octanol–water partition coefficient (Wildman–Crippen LogP) is 3.93.